The molecule has 0 saturated heterocycles. The molecule has 1 aliphatic carbocycles. The van der Waals surface area contributed by atoms with Crippen LogP contribution in [0.4, 0.5) is 0 Å². The SMILES string of the molecule is [CH3][Sn]([CH3])[CH]1CCCC1.[H-]. The third kappa shape index (κ3) is 1.64. The molecule has 1 radical (unpaired) electrons. The standard InChI is InChI=1S/C5H9.2CH3.Sn.H/c1-2-4-5-3-1;;;;/h1H,2-5H2;2*1H3;;/q;;;;-1. The topological polar surface area (TPSA) is 0 Å². The Hall–Kier alpha value is 0.799. The van der Waals surface area contributed by atoms with Crippen LogP contribution in [-0.2, 0) is 0 Å². The van der Waals surface area contributed by atoms with Crippen molar-refractivity contribution in [2.75, 3.05) is 0 Å². The maximum absolute atomic E-state index is 2.54. The Morgan fingerprint density at radius 2 is 1.75 bits per heavy atom. The predicted octanol–water partition coefficient (Wildman–Crippen LogP) is 2.80. The van der Waals surface area contributed by atoms with Crippen molar-refractivity contribution in [2.45, 2.75) is 39.5 Å². The maximum Gasteiger partial charge on any atom is -1.00 e. The van der Waals surface area contributed by atoms with Crippen molar-refractivity contribution >= 4 is 19.8 Å². The molecule has 0 aromatic rings. The van der Waals surface area contributed by atoms with Crippen LogP contribution in [0.2, 0.25) is 13.8 Å². The van der Waals surface area contributed by atoms with Gasteiger partial charge >= 0.3 is 59.3 Å². The normalized spacial score (nSPS) is 22.9. The molecule has 1 heteroatoms. The molecule has 0 nitrogen and oxygen atoms in total. The first-order valence-corrected chi connectivity index (χ1v) is 11.0. The van der Waals surface area contributed by atoms with Crippen LogP contribution >= 0.6 is 0 Å². The van der Waals surface area contributed by atoms with Crippen LogP contribution in [0, 0.1) is 0 Å². The molecule has 0 bridgehead atoms. The summed E-state index contributed by atoms with van der Waals surface area (Å²) in [5, 5.41) is 0. The van der Waals surface area contributed by atoms with Crippen LogP contribution in [0.3, 0.4) is 0 Å². The van der Waals surface area contributed by atoms with Gasteiger partial charge in [-0.15, -0.1) is 0 Å². The van der Waals surface area contributed by atoms with Gasteiger partial charge in [-0.25, -0.2) is 0 Å². The van der Waals surface area contributed by atoms with E-state index in [9.17, 15) is 0 Å². The number of rotatable bonds is 1. The Morgan fingerprint density at radius 1 is 1.25 bits per heavy atom. The molecule has 0 N–H and O–H groups in total. The van der Waals surface area contributed by atoms with Gasteiger partial charge in [-0.2, -0.15) is 0 Å². The van der Waals surface area contributed by atoms with Gasteiger partial charge in [0.1, 0.15) is 0 Å². The van der Waals surface area contributed by atoms with E-state index in [1.54, 1.807) is 12.8 Å². The van der Waals surface area contributed by atoms with Crippen molar-refractivity contribution in [1.29, 1.82) is 0 Å². The first kappa shape index (κ1) is 6.91. The van der Waals surface area contributed by atoms with Gasteiger partial charge in [0.2, 0.25) is 0 Å². The van der Waals surface area contributed by atoms with E-state index in [2.05, 4.69) is 9.88 Å². The van der Waals surface area contributed by atoms with E-state index in [4.69, 9.17) is 0 Å². The maximum atomic E-state index is 2.54. The quantitative estimate of drug-likeness (QED) is 0.594. The van der Waals surface area contributed by atoms with Gasteiger partial charge in [-0.3, -0.25) is 0 Å². The van der Waals surface area contributed by atoms with Gasteiger partial charge in [0, 0.05) is 0 Å². The van der Waals surface area contributed by atoms with Crippen LogP contribution in [0.15, 0.2) is 0 Å². The zero-order valence-electron chi connectivity index (χ0n) is 6.91. The predicted molar refractivity (Wildman–Crippen MR) is 40.8 cm³/mol. The average Bonchev–Trinajstić information content (AvgIpc) is 2.12. The van der Waals surface area contributed by atoms with Crippen molar-refractivity contribution in [2.24, 2.45) is 0 Å². The van der Waals surface area contributed by atoms with Crippen molar-refractivity contribution in [1.82, 2.24) is 0 Å². The summed E-state index contributed by atoms with van der Waals surface area (Å²) in [5.74, 6) is 0. The fourth-order valence-electron chi connectivity index (χ4n) is 1.50. The first-order valence-electron chi connectivity index (χ1n) is 3.61. The van der Waals surface area contributed by atoms with Crippen LogP contribution < -0.4 is 0 Å². The van der Waals surface area contributed by atoms with Gasteiger partial charge in [0.15, 0.2) is 0 Å². The minimum atomic E-state index is -0.708. The van der Waals surface area contributed by atoms with Crippen LogP contribution in [-0.4, -0.2) is 19.8 Å². The Bertz CT molecular complexity index is 67.3. The zero-order chi connectivity index (χ0) is 5.98. The Kier molecular flexibility index (Phi) is 2.67. The second kappa shape index (κ2) is 3.09. The molecule has 0 aromatic heterocycles. The second-order valence-corrected chi connectivity index (χ2v) is 11.5. The van der Waals surface area contributed by atoms with Crippen molar-refractivity contribution < 1.29 is 1.43 Å². The molecule has 49 valence electrons. The molecule has 1 fully saturated rings. The summed E-state index contributed by atoms with van der Waals surface area (Å²) in [6.45, 7) is 0. The van der Waals surface area contributed by atoms with Crippen LogP contribution in [0.5, 0.6) is 0 Å². The molecule has 0 unspecified atom stereocenters. The van der Waals surface area contributed by atoms with Gasteiger partial charge < -0.3 is 1.43 Å². The Labute approximate surface area is 60.9 Å². The molecule has 0 aliphatic heterocycles. The molecule has 0 amide bonds. The monoisotopic (exact) mass is 220 g/mol. The van der Waals surface area contributed by atoms with E-state index in [1.807, 2.05) is 0 Å². The van der Waals surface area contributed by atoms with Gasteiger partial charge in [0.25, 0.3) is 0 Å². The minimum Gasteiger partial charge on any atom is -1.00 e. The summed E-state index contributed by atoms with van der Waals surface area (Å²) >= 11 is -0.708. The third-order valence-electron chi connectivity index (χ3n) is 2.17. The van der Waals surface area contributed by atoms with Crippen LogP contribution in [0.25, 0.3) is 0 Å². The molecule has 0 heterocycles. The van der Waals surface area contributed by atoms with Crippen LogP contribution in [0.1, 0.15) is 27.1 Å². The molecular formula is C7H16Sn-. The van der Waals surface area contributed by atoms with Crippen molar-refractivity contribution in [3.8, 4) is 0 Å². The summed E-state index contributed by atoms with van der Waals surface area (Å²) in [6.07, 6.45) is 6.25. The molecular weight excluding hydrogens is 203 g/mol. The van der Waals surface area contributed by atoms with E-state index in [-0.39, 0.29) is 1.43 Å². The summed E-state index contributed by atoms with van der Waals surface area (Å²) in [6, 6.07) is 0. The number of hydrogen-bond donors (Lipinski definition) is 0. The molecule has 1 rings (SSSR count). The summed E-state index contributed by atoms with van der Waals surface area (Å²) in [4.78, 5) is 5.08. The van der Waals surface area contributed by atoms with Gasteiger partial charge in [-0.1, -0.05) is 0 Å². The van der Waals surface area contributed by atoms with Crippen molar-refractivity contribution in [3.63, 3.8) is 0 Å². The fraction of sp³-hybridized carbons (Fsp3) is 1.00. The zero-order valence-corrected chi connectivity index (χ0v) is 8.76. The second-order valence-electron chi connectivity index (χ2n) is 3.06. The van der Waals surface area contributed by atoms with E-state index in [0.717, 1.165) is 0 Å². The number of hydrogen-bond acceptors (Lipinski definition) is 0. The van der Waals surface area contributed by atoms with E-state index in [0.29, 0.717) is 0 Å². The molecule has 8 heavy (non-hydrogen) atoms. The Morgan fingerprint density at radius 3 is 2.00 bits per heavy atom. The largest absolute Gasteiger partial charge is 1.00 e. The van der Waals surface area contributed by atoms with Gasteiger partial charge in [0.05, 0.1) is 0 Å². The van der Waals surface area contributed by atoms with Crippen molar-refractivity contribution in [3.05, 3.63) is 0 Å². The Balaban J connectivity index is 0.000000640. The fourth-order valence-corrected chi connectivity index (χ4v) is 5.96. The van der Waals surface area contributed by atoms with E-state index < -0.39 is 19.8 Å². The van der Waals surface area contributed by atoms with Gasteiger partial charge in [-0.05, 0) is 0 Å². The average molecular weight is 219 g/mol. The summed E-state index contributed by atoms with van der Waals surface area (Å²) in [5.41, 5.74) is 0. The minimum absolute atomic E-state index is 0. The molecule has 1 saturated carbocycles. The molecule has 0 atom stereocenters. The molecule has 1 aliphatic rings. The summed E-state index contributed by atoms with van der Waals surface area (Å²) < 4.78 is 1.26. The van der Waals surface area contributed by atoms with E-state index >= 15 is 0 Å². The molecule has 0 aromatic carbocycles. The molecule has 0 spiro atoms. The third-order valence-corrected chi connectivity index (χ3v) is 8.48. The van der Waals surface area contributed by atoms with E-state index in [1.165, 1.54) is 16.8 Å². The smallest absolute Gasteiger partial charge is 1.00 e. The summed E-state index contributed by atoms with van der Waals surface area (Å²) in [7, 11) is 0. The first-order chi connectivity index (χ1) is 3.80.